The van der Waals surface area contributed by atoms with E-state index in [0.717, 1.165) is 25.0 Å². The van der Waals surface area contributed by atoms with Gasteiger partial charge in [-0.1, -0.05) is 13.0 Å². The van der Waals surface area contributed by atoms with Crippen molar-refractivity contribution in [1.82, 2.24) is 0 Å². The highest BCUT2D eigenvalue weighted by atomic mass is 19.1. The molecule has 0 bridgehead atoms. The Morgan fingerprint density at radius 2 is 2.40 bits per heavy atom. The maximum Gasteiger partial charge on any atom is 0.146 e. The Hall–Kier alpha value is -1.09. The first-order chi connectivity index (χ1) is 7.29. The molecule has 15 heavy (non-hydrogen) atoms. The number of hydrogen-bond acceptors (Lipinski definition) is 2. The lowest BCUT2D eigenvalue weighted by molar-refractivity contribution is 0.195. The molecular formula is C12H16FNO. The van der Waals surface area contributed by atoms with Crippen LogP contribution >= 0.6 is 0 Å². The molecule has 0 aromatic heterocycles. The van der Waals surface area contributed by atoms with Crippen molar-refractivity contribution in [3.05, 3.63) is 29.6 Å². The molecule has 2 rings (SSSR count). The fourth-order valence-electron chi connectivity index (χ4n) is 1.76. The van der Waals surface area contributed by atoms with Gasteiger partial charge in [-0.05, 0) is 30.5 Å². The summed E-state index contributed by atoms with van der Waals surface area (Å²) in [5.74, 6) is -0.166. The third kappa shape index (κ3) is 2.48. The van der Waals surface area contributed by atoms with Crippen LogP contribution < -0.4 is 5.32 Å². The standard InChI is InChI=1S/C12H16FNO/c1-2-9-3-4-12(11(13)7-9)14-10-5-6-15-8-10/h3-4,7,10,14H,2,5-6,8H2,1H3. The minimum Gasteiger partial charge on any atom is -0.379 e. The Morgan fingerprint density at radius 1 is 1.53 bits per heavy atom. The summed E-state index contributed by atoms with van der Waals surface area (Å²) in [5, 5.41) is 3.16. The first kappa shape index (κ1) is 10.4. The molecule has 82 valence electrons. The monoisotopic (exact) mass is 209 g/mol. The van der Waals surface area contributed by atoms with Gasteiger partial charge in [0, 0.05) is 6.61 Å². The lowest BCUT2D eigenvalue weighted by atomic mass is 10.1. The SMILES string of the molecule is CCc1ccc(NC2CCOC2)c(F)c1. The number of aryl methyl sites for hydroxylation is 1. The predicted octanol–water partition coefficient (Wildman–Crippen LogP) is 2.59. The van der Waals surface area contributed by atoms with Crippen molar-refractivity contribution in [1.29, 1.82) is 0 Å². The first-order valence-corrected chi connectivity index (χ1v) is 5.42. The van der Waals surface area contributed by atoms with Gasteiger partial charge in [0.15, 0.2) is 0 Å². The topological polar surface area (TPSA) is 21.3 Å². The molecule has 1 atom stereocenters. The van der Waals surface area contributed by atoms with Crippen LogP contribution in [0.25, 0.3) is 0 Å². The molecule has 2 nitrogen and oxygen atoms in total. The number of halogens is 1. The molecule has 3 heteroatoms. The van der Waals surface area contributed by atoms with Crippen LogP contribution in [0.4, 0.5) is 10.1 Å². The average molecular weight is 209 g/mol. The molecule has 0 amide bonds. The van der Waals surface area contributed by atoms with Crippen molar-refractivity contribution in [2.24, 2.45) is 0 Å². The number of ether oxygens (including phenoxy) is 1. The largest absolute Gasteiger partial charge is 0.379 e. The van der Waals surface area contributed by atoms with Gasteiger partial charge >= 0.3 is 0 Å². The van der Waals surface area contributed by atoms with Crippen LogP contribution in [0.2, 0.25) is 0 Å². The van der Waals surface area contributed by atoms with Crippen molar-refractivity contribution in [2.45, 2.75) is 25.8 Å². The summed E-state index contributed by atoms with van der Waals surface area (Å²) >= 11 is 0. The van der Waals surface area contributed by atoms with E-state index < -0.39 is 0 Å². The van der Waals surface area contributed by atoms with Gasteiger partial charge in [0.2, 0.25) is 0 Å². The van der Waals surface area contributed by atoms with Crippen molar-refractivity contribution < 1.29 is 9.13 Å². The summed E-state index contributed by atoms with van der Waals surface area (Å²) in [4.78, 5) is 0. The maximum absolute atomic E-state index is 13.6. The highest BCUT2D eigenvalue weighted by molar-refractivity contribution is 5.47. The van der Waals surface area contributed by atoms with E-state index in [9.17, 15) is 4.39 Å². The number of rotatable bonds is 3. The second-order valence-corrected chi connectivity index (χ2v) is 3.87. The summed E-state index contributed by atoms with van der Waals surface area (Å²) in [6, 6.07) is 5.62. The van der Waals surface area contributed by atoms with Gasteiger partial charge in [0.25, 0.3) is 0 Å². The van der Waals surface area contributed by atoms with Crippen LogP contribution in [-0.2, 0) is 11.2 Å². The normalized spacial score (nSPS) is 20.5. The van der Waals surface area contributed by atoms with Gasteiger partial charge in [-0.3, -0.25) is 0 Å². The van der Waals surface area contributed by atoms with E-state index in [0.29, 0.717) is 12.3 Å². The molecular weight excluding hydrogens is 193 g/mol. The molecule has 0 radical (unpaired) electrons. The Bertz CT molecular complexity index is 334. The van der Waals surface area contributed by atoms with Crippen molar-refractivity contribution >= 4 is 5.69 Å². The van der Waals surface area contributed by atoms with E-state index in [1.165, 1.54) is 0 Å². The summed E-state index contributed by atoms with van der Waals surface area (Å²) < 4.78 is 18.8. The third-order valence-electron chi connectivity index (χ3n) is 2.73. The molecule has 1 aliphatic heterocycles. The molecule has 1 unspecified atom stereocenters. The number of anilines is 1. The van der Waals surface area contributed by atoms with E-state index in [4.69, 9.17) is 4.74 Å². The van der Waals surface area contributed by atoms with Crippen LogP contribution in [0.3, 0.4) is 0 Å². The van der Waals surface area contributed by atoms with E-state index >= 15 is 0 Å². The molecule has 1 aromatic carbocycles. The molecule has 1 heterocycles. The quantitative estimate of drug-likeness (QED) is 0.826. The van der Waals surface area contributed by atoms with Crippen LogP contribution in [0.5, 0.6) is 0 Å². The molecule has 1 fully saturated rings. The summed E-state index contributed by atoms with van der Waals surface area (Å²) in [6.07, 6.45) is 1.82. The number of benzene rings is 1. The van der Waals surface area contributed by atoms with E-state index in [1.807, 2.05) is 19.1 Å². The molecule has 1 N–H and O–H groups in total. The van der Waals surface area contributed by atoms with Crippen molar-refractivity contribution in [3.8, 4) is 0 Å². The summed E-state index contributed by atoms with van der Waals surface area (Å²) in [5.41, 5.74) is 1.61. The smallest absolute Gasteiger partial charge is 0.146 e. The Kier molecular flexibility index (Phi) is 3.21. The van der Waals surface area contributed by atoms with Gasteiger partial charge in [-0.25, -0.2) is 4.39 Å². The van der Waals surface area contributed by atoms with E-state index in [-0.39, 0.29) is 11.9 Å². The minimum absolute atomic E-state index is 0.166. The fourth-order valence-corrected chi connectivity index (χ4v) is 1.76. The van der Waals surface area contributed by atoms with Crippen LogP contribution in [0.15, 0.2) is 18.2 Å². The maximum atomic E-state index is 13.6. The molecule has 0 saturated carbocycles. The number of hydrogen-bond donors (Lipinski definition) is 1. The lowest BCUT2D eigenvalue weighted by Crippen LogP contribution is -2.19. The van der Waals surface area contributed by atoms with Gasteiger partial charge < -0.3 is 10.1 Å². The Balaban J connectivity index is 2.07. The highest BCUT2D eigenvalue weighted by Gasteiger charge is 2.16. The summed E-state index contributed by atoms with van der Waals surface area (Å²) in [7, 11) is 0. The van der Waals surface area contributed by atoms with Crippen molar-refractivity contribution in [3.63, 3.8) is 0 Å². The zero-order chi connectivity index (χ0) is 10.7. The Morgan fingerprint density at radius 3 is 3.00 bits per heavy atom. The molecule has 1 aromatic rings. The van der Waals surface area contributed by atoms with Gasteiger partial charge in [0.1, 0.15) is 5.82 Å². The zero-order valence-electron chi connectivity index (χ0n) is 8.92. The zero-order valence-corrected chi connectivity index (χ0v) is 8.92. The fraction of sp³-hybridized carbons (Fsp3) is 0.500. The predicted molar refractivity (Wildman–Crippen MR) is 58.6 cm³/mol. The van der Waals surface area contributed by atoms with Crippen LogP contribution in [0, 0.1) is 5.82 Å². The van der Waals surface area contributed by atoms with Crippen LogP contribution in [-0.4, -0.2) is 19.3 Å². The van der Waals surface area contributed by atoms with Gasteiger partial charge in [-0.15, -0.1) is 0 Å². The average Bonchev–Trinajstić information content (AvgIpc) is 2.74. The summed E-state index contributed by atoms with van der Waals surface area (Å²) in [6.45, 7) is 3.47. The minimum atomic E-state index is -0.166. The molecule has 0 spiro atoms. The van der Waals surface area contributed by atoms with Crippen LogP contribution in [0.1, 0.15) is 18.9 Å². The van der Waals surface area contributed by atoms with E-state index in [1.54, 1.807) is 6.07 Å². The van der Waals surface area contributed by atoms with Gasteiger partial charge in [-0.2, -0.15) is 0 Å². The van der Waals surface area contributed by atoms with Crippen molar-refractivity contribution in [2.75, 3.05) is 18.5 Å². The second kappa shape index (κ2) is 4.62. The second-order valence-electron chi connectivity index (χ2n) is 3.87. The van der Waals surface area contributed by atoms with E-state index in [2.05, 4.69) is 5.32 Å². The lowest BCUT2D eigenvalue weighted by Gasteiger charge is -2.13. The first-order valence-electron chi connectivity index (χ1n) is 5.42. The molecule has 1 aliphatic rings. The molecule has 1 saturated heterocycles. The Labute approximate surface area is 89.4 Å². The third-order valence-corrected chi connectivity index (χ3v) is 2.73. The highest BCUT2D eigenvalue weighted by Crippen LogP contribution is 2.19. The molecule has 0 aliphatic carbocycles. The number of nitrogens with one attached hydrogen (secondary N) is 1. The van der Waals surface area contributed by atoms with Gasteiger partial charge in [0.05, 0.1) is 18.3 Å².